The van der Waals surface area contributed by atoms with E-state index in [1.165, 1.54) is 36.9 Å². The first-order chi connectivity index (χ1) is 14.6. The van der Waals surface area contributed by atoms with Gasteiger partial charge in [-0.3, -0.25) is 19.8 Å². The molecule has 0 atom stereocenters. The summed E-state index contributed by atoms with van der Waals surface area (Å²) in [6.07, 6.45) is 7.57. The fourth-order valence-corrected chi connectivity index (χ4v) is 5.06. The van der Waals surface area contributed by atoms with Gasteiger partial charge in [-0.15, -0.1) is 11.3 Å². The minimum Gasteiger partial charge on any atom is -0.459 e. The third-order valence-corrected chi connectivity index (χ3v) is 6.75. The Bertz CT molecular complexity index is 839. The highest BCUT2D eigenvalue weighted by molar-refractivity contribution is 7.14. The highest BCUT2D eigenvalue weighted by Gasteiger charge is 2.38. The number of thiazole rings is 1. The van der Waals surface area contributed by atoms with Gasteiger partial charge in [-0.2, -0.15) is 0 Å². The molecule has 0 radical (unpaired) electrons. The molecule has 3 heterocycles. The van der Waals surface area contributed by atoms with E-state index in [-0.39, 0.29) is 29.5 Å². The van der Waals surface area contributed by atoms with E-state index in [1.807, 2.05) is 0 Å². The minimum atomic E-state index is -0.352. The number of carbonyl (C=O) groups excluding carboxylic acids is 2. The SMILES string of the molecule is O=C(Cc1csc(NC(=O)c2ccco2)n1)NCC1(N2CCOCC2)CCCCC1. The Morgan fingerprint density at radius 3 is 2.73 bits per heavy atom. The molecule has 2 aromatic heterocycles. The Labute approximate surface area is 180 Å². The van der Waals surface area contributed by atoms with Crippen LogP contribution in [0.1, 0.15) is 48.4 Å². The second-order valence-electron chi connectivity index (χ2n) is 7.91. The molecule has 1 saturated carbocycles. The molecule has 9 heteroatoms. The van der Waals surface area contributed by atoms with Crippen LogP contribution < -0.4 is 10.6 Å². The summed E-state index contributed by atoms with van der Waals surface area (Å²) in [5.74, 6) is -0.164. The zero-order valence-electron chi connectivity index (χ0n) is 17.0. The highest BCUT2D eigenvalue weighted by Crippen LogP contribution is 2.34. The molecule has 8 nitrogen and oxygen atoms in total. The van der Waals surface area contributed by atoms with Gasteiger partial charge >= 0.3 is 0 Å². The lowest BCUT2D eigenvalue weighted by molar-refractivity contribution is -0.121. The molecule has 2 N–H and O–H groups in total. The maximum absolute atomic E-state index is 12.6. The number of carbonyl (C=O) groups is 2. The number of furan rings is 1. The first-order valence-electron chi connectivity index (χ1n) is 10.5. The average Bonchev–Trinajstić information content (AvgIpc) is 3.46. The van der Waals surface area contributed by atoms with E-state index in [1.54, 1.807) is 17.5 Å². The molecule has 0 spiro atoms. The van der Waals surface area contributed by atoms with Crippen LogP contribution in [0, 0.1) is 0 Å². The van der Waals surface area contributed by atoms with Crippen molar-refractivity contribution in [2.75, 3.05) is 38.2 Å². The lowest BCUT2D eigenvalue weighted by Gasteiger charge is -2.48. The number of rotatable bonds is 7. The number of hydrogen-bond acceptors (Lipinski definition) is 7. The Hall–Kier alpha value is -2.23. The fourth-order valence-electron chi connectivity index (χ4n) is 4.35. The molecule has 0 unspecified atom stereocenters. The molecule has 1 aliphatic heterocycles. The van der Waals surface area contributed by atoms with Crippen LogP contribution in [0.15, 0.2) is 28.2 Å². The lowest BCUT2D eigenvalue weighted by atomic mass is 9.79. The predicted octanol–water partition coefficient (Wildman–Crippen LogP) is 2.68. The van der Waals surface area contributed by atoms with Crippen molar-refractivity contribution < 1.29 is 18.7 Å². The largest absolute Gasteiger partial charge is 0.459 e. The van der Waals surface area contributed by atoms with E-state index >= 15 is 0 Å². The van der Waals surface area contributed by atoms with Crippen LogP contribution in [0.4, 0.5) is 5.13 Å². The first-order valence-corrected chi connectivity index (χ1v) is 11.4. The molecule has 0 bridgehead atoms. The summed E-state index contributed by atoms with van der Waals surface area (Å²) in [5.41, 5.74) is 0.693. The van der Waals surface area contributed by atoms with E-state index in [9.17, 15) is 9.59 Å². The number of amides is 2. The maximum atomic E-state index is 12.6. The van der Waals surface area contributed by atoms with Crippen LogP contribution in [0.3, 0.4) is 0 Å². The molecule has 2 aromatic rings. The van der Waals surface area contributed by atoms with E-state index in [0.717, 1.165) is 39.1 Å². The molecule has 30 heavy (non-hydrogen) atoms. The smallest absolute Gasteiger partial charge is 0.293 e. The molecule has 1 saturated heterocycles. The summed E-state index contributed by atoms with van der Waals surface area (Å²) in [6, 6.07) is 3.25. The first kappa shape index (κ1) is 21.0. The van der Waals surface area contributed by atoms with Crippen molar-refractivity contribution in [2.45, 2.75) is 44.1 Å². The fraction of sp³-hybridized carbons (Fsp3) is 0.571. The van der Waals surface area contributed by atoms with Crippen molar-refractivity contribution in [2.24, 2.45) is 0 Å². The van der Waals surface area contributed by atoms with E-state index in [0.29, 0.717) is 17.4 Å². The number of morpholine rings is 1. The minimum absolute atomic E-state index is 0.0394. The lowest BCUT2D eigenvalue weighted by Crippen LogP contribution is -2.59. The maximum Gasteiger partial charge on any atom is 0.293 e. The summed E-state index contributed by atoms with van der Waals surface area (Å²) >= 11 is 1.30. The Morgan fingerprint density at radius 2 is 2.00 bits per heavy atom. The van der Waals surface area contributed by atoms with Crippen LogP contribution in [-0.2, 0) is 16.0 Å². The number of ether oxygens (including phenoxy) is 1. The molecular weight excluding hydrogens is 404 g/mol. The zero-order valence-corrected chi connectivity index (χ0v) is 17.8. The molecule has 2 aliphatic rings. The monoisotopic (exact) mass is 432 g/mol. The van der Waals surface area contributed by atoms with E-state index < -0.39 is 0 Å². The van der Waals surface area contributed by atoms with Gasteiger partial charge in [0.15, 0.2) is 10.9 Å². The predicted molar refractivity (Wildman–Crippen MR) is 114 cm³/mol. The molecule has 162 valence electrons. The quantitative estimate of drug-likeness (QED) is 0.698. The molecule has 2 fully saturated rings. The van der Waals surface area contributed by atoms with Crippen molar-refractivity contribution in [3.05, 3.63) is 35.2 Å². The standard InChI is InChI=1S/C21H28N4O4S/c26-18(13-16-14-30-20(23-16)24-19(27)17-5-4-10-29-17)22-15-21(6-2-1-3-7-21)25-8-11-28-12-9-25/h4-5,10,14H,1-3,6-9,11-13,15H2,(H,22,26)(H,23,24,27). The number of nitrogens with zero attached hydrogens (tertiary/aromatic N) is 2. The molecular formula is C21H28N4O4S. The summed E-state index contributed by atoms with van der Waals surface area (Å²) in [6.45, 7) is 4.06. The summed E-state index contributed by atoms with van der Waals surface area (Å²) in [7, 11) is 0. The Kier molecular flexibility index (Phi) is 6.81. The molecule has 4 rings (SSSR count). The van der Waals surface area contributed by atoms with E-state index in [4.69, 9.17) is 9.15 Å². The molecule has 0 aromatic carbocycles. The topological polar surface area (TPSA) is 96.7 Å². The van der Waals surface area contributed by atoms with Crippen molar-refractivity contribution in [3.63, 3.8) is 0 Å². The van der Waals surface area contributed by atoms with Crippen molar-refractivity contribution >= 4 is 28.3 Å². The van der Waals surface area contributed by atoms with Crippen LogP contribution in [-0.4, -0.2) is 60.1 Å². The van der Waals surface area contributed by atoms with Gasteiger partial charge in [0, 0.05) is 30.6 Å². The van der Waals surface area contributed by atoms with Gasteiger partial charge in [0.1, 0.15) is 0 Å². The number of aromatic nitrogens is 1. The third kappa shape index (κ3) is 5.08. The Morgan fingerprint density at radius 1 is 1.20 bits per heavy atom. The van der Waals surface area contributed by atoms with Gasteiger partial charge in [-0.1, -0.05) is 19.3 Å². The van der Waals surface area contributed by atoms with Gasteiger partial charge in [-0.05, 0) is 25.0 Å². The van der Waals surface area contributed by atoms with Crippen LogP contribution in [0.25, 0.3) is 0 Å². The van der Waals surface area contributed by atoms with Crippen molar-refractivity contribution in [1.29, 1.82) is 0 Å². The molecule has 2 amide bonds. The Balaban J connectivity index is 1.30. The van der Waals surface area contributed by atoms with Crippen LogP contribution in [0.5, 0.6) is 0 Å². The summed E-state index contributed by atoms with van der Waals surface area (Å²) < 4.78 is 10.6. The zero-order chi connectivity index (χ0) is 20.8. The van der Waals surface area contributed by atoms with Gasteiger partial charge in [0.2, 0.25) is 5.91 Å². The summed E-state index contributed by atoms with van der Waals surface area (Å²) in [5, 5.41) is 8.10. The number of hydrogen-bond donors (Lipinski definition) is 2. The average molecular weight is 433 g/mol. The van der Waals surface area contributed by atoms with Crippen LogP contribution in [0.2, 0.25) is 0 Å². The number of nitrogens with one attached hydrogen (secondary N) is 2. The van der Waals surface area contributed by atoms with Crippen molar-refractivity contribution in [3.8, 4) is 0 Å². The van der Waals surface area contributed by atoms with Gasteiger partial charge in [0.05, 0.1) is 31.6 Å². The third-order valence-electron chi connectivity index (χ3n) is 5.94. The molecule has 1 aliphatic carbocycles. The second-order valence-corrected chi connectivity index (χ2v) is 8.77. The van der Waals surface area contributed by atoms with E-state index in [2.05, 4.69) is 20.5 Å². The number of anilines is 1. The second kappa shape index (κ2) is 9.72. The van der Waals surface area contributed by atoms with Crippen LogP contribution >= 0.6 is 11.3 Å². The van der Waals surface area contributed by atoms with Gasteiger partial charge in [0.25, 0.3) is 5.91 Å². The van der Waals surface area contributed by atoms with Gasteiger partial charge < -0.3 is 14.5 Å². The summed E-state index contributed by atoms with van der Waals surface area (Å²) in [4.78, 5) is 31.5. The normalized spacial score (nSPS) is 19.3. The van der Waals surface area contributed by atoms with Gasteiger partial charge in [-0.25, -0.2) is 4.98 Å². The highest BCUT2D eigenvalue weighted by atomic mass is 32.1. The van der Waals surface area contributed by atoms with Crippen molar-refractivity contribution in [1.82, 2.24) is 15.2 Å².